The predicted molar refractivity (Wildman–Crippen MR) is 55.2 cm³/mol. The molecule has 0 heterocycles. The van der Waals surface area contributed by atoms with E-state index in [1.807, 2.05) is 31.2 Å². The van der Waals surface area contributed by atoms with Crippen LogP contribution in [0.2, 0.25) is 0 Å². The van der Waals surface area contributed by atoms with Gasteiger partial charge in [-0.2, -0.15) is 0 Å². The van der Waals surface area contributed by atoms with Crippen molar-refractivity contribution >= 4 is 5.69 Å². The Labute approximate surface area is 78.9 Å². The van der Waals surface area contributed by atoms with Gasteiger partial charge in [-0.25, -0.2) is 0 Å². The number of nitrogens with one attached hydrogen (secondary N) is 1. The highest BCUT2D eigenvalue weighted by molar-refractivity contribution is 5.48. The summed E-state index contributed by atoms with van der Waals surface area (Å²) in [6.45, 7) is 4.09. The van der Waals surface area contributed by atoms with E-state index < -0.39 is 0 Å². The molecule has 0 spiro atoms. The van der Waals surface area contributed by atoms with E-state index in [1.165, 1.54) is 0 Å². The van der Waals surface area contributed by atoms with Gasteiger partial charge < -0.3 is 15.8 Å². The van der Waals surface area contributed by atoms with Gasteiger partial charge in [0.1, 0.15) is 5.75 Å². The Bertz CT molecular complexity index is 250. The van der Waals surface area contributed by atoms with Crippen molar-refractivity contribution in [3.8, 4) is 5.75 Å². The van der Waals surface area contributed by atoms with E-state index in [-0.39, 0.29) is 0 Å². The van der Waals surface area contributed by atoms with Gasteiger partial charge in [0.25, 0.3) is 0 Å². The first-order valence-corrected chi connectivity index (χ1v) is 4.53. The van der Waals surface area contributed by atoms with Crippen LogP contribution < -0.4 is 15.8 Å². The number of hydrogen-bond acceptors (Lipinski definition) is 3. The lowest BCUT2D eigenvalue weighted by molar-refractivity contribution is 0.340. The van der Waals surface area contributed by atoms with Crippen molar-refractivity contribution in [2.24, 2.45) is 5.73 Å². The molecule has 0 amide bonds. The zero-order valence-corrected chi connectivity index (χ0v) is 7.92. The third-order valence-corrected chi connectivity index (χ3v) is 1.62. The number of rotatable bonds is 5. The van der Waals surface area contributed by atoms with Gasteiger partial charge >= 0.3 is 0 Å². The zero-order valence-electron chi connectivity index (χ0n) is 7.92. The van der Waals surface area contributed by atoms with Crippen LogP contribution in [0.15, 0.2) is 24.3 Å². The van der Waals surface area contributed by atoms with E-state index in [4.69, 9.17) is 10.5 Å². The SMILES string of the molecule is CCOc1cccc(NCCN)c1. The molecule has 0 saturated heterocycles. The lowest BCUT2D eigenvalue weighted by Crippen LogP contribution is -2.12. The molecule has 0 aliphatic heterocycles. The lowest BCUT2D eigenvalue weighted by atomic mass is 10.3. The quantitative estimate of drug-likeness (QED) is 0.721. The van der Waals surface area contributed by atoms with E-state index in [1.54, 1.807) is 0 Å². The lowest BCUT2D eigenvalue weighted by Gasteiger charge is -2.07. The third-order valence-electron chi connectivity index (χ3n) is 1.62. The van der Waals surface area contributed by atoms with Crippen LogP contribution in [0.1, 0.15) is 6.92 Å². The monoisotopic (exact) mass is 180 g/mol. The van der Waals surface area contributed by atoms with Crippen molar-refractivity contribution in [2.45, 2.75) is 6.92 Å². The highest BCUT2D eigenvalue weighted by Crippen LogP contribution is 2.16. The molecule has 13 heavy (non-hydrogen) atoms. The summed E-state index contributed by atoms with van der Waals surface area (Å²) in [6, 6.07) is 7.87. The fourth-order valence-corrected chi connectivity index (χ4v) is 1.08. The summed E-state index contributed by atoms with van der Waals surface area (Å²) in [5.41, 5.74) is 6.43. The molecule has 0 radical (unpaired) electrons. The molecule has 3 heteroatoms. The van der Waals surface area contributed by atoms with Gasteiger partial charge in [-0.1, -0.05) is 6.07 Å². The topological polar surface area (TPSA) is 47.3 Å². The van der Waals surface area contributed by atoms with Gasteiger partial charge in [0.15, 0.2) is 0 Å². The van der Waals surface area contributed by atoms with E-state index in [0.29, 0.717) is 13.2 Å². The Kier molecular flexibility index (Phi) is 4.12. The summed E-state index contributed by atoms with van der Waals surface area (Å²) < 4.78 is 5.36. The standard InChI is InChI=1S/C10H16N2O/c1-2-13-10-5-3-4-9(8-10)12-7-6-11/h3-5,8,12H,2,6-7,11H2,1H3. The molecule has 3 N–H and O–H groups in total. The number of nitrogens with two attached hydrogens (primary N) is 1. The second-order valence-corrected chi connectivity index (χ2v) is 2.68. The summed E-state index contributed by atoms with van der Waals surface area (Å²) in [5.74, 6) is 0.893. The molecule has 1 aromatic carbocycles. The molecule has 0 aliphatic carbocycles. The molecular weight excluding hydrogens is 164 g/mol. The minimum Gasteiger partial charge on any atom is -0.494 e. The molecule has 0 bridgehead atoms. The predicted octanol–water partition coefficient (Wildman–Crippen LogP) is 1.46. The summed E-state index contributed by atoms with van der Waals surface area (Å²) in [5, 5.41) is 3.19. The maximum atomic E-state index is 5.38. The first-order valence-electron chi connectivity index (χ1n) is 4.53. The Morgan fingerprint density at radius 2 is 2.31 bits per heavy atom. The number of anilines is 1. The highest BCUT2D eigenvalue weighted by Gasteiger charge is 1.93. The van der Waals surface area contributed by atoms with Gasteiger partial charge in [-0.3, -0.25) is 0 Å². The van der Waals surface area contributed by atoms with Gasteiger partial charge in [0.05, 0.1) is 6.61 Å². The summed E-state index contributed by atoms with van der Waals surface area (Å²) in [6.07, 6.45) is 0. The average Bonchev–Trinajstić information content (AvgIpc) is 2.16. The van der Waals surface area contributed by atoms with Crippen LogP contribution in [0, 0.1) is 0 Å². The molecule has 0 unspecified atom stereocenters. The van der Waals surface area contributed by atoms with Crippen LogP contribution in [0.25, 0.3) is 0 Å². The van der Waals surface area contributed by atoms with Crippen molar-refractivity contribution in [2.75, 3.05) is 25.0 Å². The molecule has 0 fully saturated rings. The van der Waals surface area contributed by atoms with Crippen LogP contribution in [-0.2, 0) is 0 Å². The fraction of sp³-hybridized carbons (Fsp3) is 0.400. The molecule has 1 aromatic rings. The van der Waals surface area contributed by atoms with Gasteiger partial charge in [-0.15, -0.1) is 0 Å². The van der Waals surface area contributed by atoms with Crippen molar-refractivity contribution in [3.05, 3.63) is 24.3 Å². The second-order valence-electron chi connectivity index (χ2n) is 2.68. The maximum Gasteiger partial charge on any atom is 0.121 e. The average molecular weight is 180 g/mol. The summed E-state index contributed by atoms with van der Waals surface area (Å²) in [4.78, 5) is 0. The maximum absolute atomic E-state index is 5.38. The van der Waals surface area contributed by atoms with Crippen LogP contribution in [0.4, 0.5) is 5.69 Å². The molecule has 0 atom stereocenters. The van der Waals surface area contributed by atoms with Crippen LogP contribution in [-0.4, -0.2) is 19.7 Å². The Morgan fingerprint density at radius 3 is 3.00 bits per heavy atom. The van der Waals surface area contributed by atoms with Gasteiger partial charge in [0.2, 0.25) is 0 Å². The second kappa shape index (κ2) is 5.43. The Hall–Kier alpha value is -1.22. The third kappa shape index (κ3) is 3.34. The van der Waals surface area contributed by atoms with E-state index >= 15 is 0 Å². The largest absolute Gasteiger partial charge is 0.494 e. The number of ether oxygens (including phenoxy) is 1. The fourth-order valence-electron chi connectivity index (χ4n) is 1.08. The van der Waals surface area contributed by atoms with Crippen molar-refractivity contribution in [1.29, 1.82) is 0 Å². The van der Waals surface area contributed by atoms with E-state index in [0.717, 1.165) is 18.0 Å². The van der Waals surface area contributed by atoms with Crippen LogP contribution in [0.3, 0.4) is 0 Å². The summed E-state index contributed by atoms with van der Waals surface area (Å²) >= 11 is 0. The van der Waals surface area contributed by atoms with Crippen molar-refractivity contribution < 1.29 is 4.74 Å². The van der Waals surface area contributed by atoms with Gasteiger partial charge in [0, 0.05) is 24.8 Å². The minimum absolute atomic E-state index is 0.638. The molecule has 3 nitrogen and oxygen atoms in total. The molecule has 0 aliphatic rings. The van der Waals surface area contributed by atoms with Crippen LogP contribution >= 0.6 is 0 Å². The van der Waals surface area contributed by atoms with Crippen molar-refractivity contribution in [3.63, 3.8) is 0 Å². The van der Waals surface area contributed by atoms with E-state index in [2.05, 4.69) is 5.32 Å². The highest BCUT2D eigenvalue weighted by atomic mass is 16.5. The molecule has 0 saturated carbocycles. The molecule has 1 rings (SSSR count). The van der Waals surface area contributed by atoms with Gasteiger partial charge in [-0.05, 0) is 19.1 Å². The molecule has 72 valence electrons. The summed E-state index contributed by atoms with van der Waals surface area (Å²) in [7, 11) is 0. The molecular formula is C10H16N2O. The van der Waals surface area contributed by atoms with E-state index in [9.17, 15) is 0 Å². The smallest absolute Gasteiger partial charge is 0.121 e. The minimum atomic E-state index is 0.638. The molecule has 0 aromatic heterocycles. The number of hydrogen-bond donors (Lipinski definition) is 2. The van der Waals surface area contributed by atoms with Crippen molar-refractivity contribution in [1.82, 2.24) is 0 Å². The van der Waals surface area contributed by atoms with Crippen LogP contribution in [0.5, 0.6) is 5.75 Å². The Balaban J connectivity index is 2.56. The zero-order chi connectivity index (χ0) is 9.52. The normalized spacial score (nSPS) is 9.69. The first kappa shape index (κ1) is 9.86. The number of benzene rings is 1. The Morgan fingerprint density at radius 1 is 1.46 bits per heavy atom. The first-order chi connectivity index (χ1) is 6.36.